The van der Waals surface area contributed by atoms with Gasteiger partial charge in [0.1, 0.15) is 5.70 Å². The summed E-state index contributed by atoms with van der Waals surface area (Å²) in [4.78, 5) is 25.1. The van der Waals surface area contributed by atoms with Gasteiger partial charge in [0, 0.05) is 10.0 Å². The van der Waals surface area contributed by atoms with E-state index in [9.17, 15) is 22.8 Å². The topological polar surface area (TPSA) is 76.7 Å². The van der Waals surface area contributed by atoms with Gasteiger partial charge in [0.25, 0.3) is 0 Å². The lowest BCUT2D eigenvalue weighted by molar-refractivity contribution is -0.0972. The second-order valence-corrected chi connectivity index (χ2v) is 7.18. The quantitative estimate of drug-likeness (QED) is 0.611. The summed E-state index contributed by atoms with van der Waals surface area (Å²) < 4.78 is 52.3. The van der Waals surface area contributed by atoms with E-state index in [-0.39, 0.29) is 16.9 Å². The number of Topliss-reactive ketones (excluding diaryl/α,β-unsaturated/α-hetero) is 1. The number of methoxy groups -OCH3 is 2. The van der Waals surface area contributed by atoms with Crippen molar-refractivity contribution >= 4 is 27.7 Å². The summed E-state index contributed by atoms with van der Waals surface area (Å²) in [6.07, 6.45) is -4.95. The number of benzene rings is 2. The molecular weight excluding hydrogens is 469 g/mol. The molecule has 2 amide bonds. The normalized spacial score (nSPS) is 16.6. The molecule has 0 bridgehead atoms. The Morgan fingerprint density at radius 1 is 1.03 bits per heavy atom. The molecule has 1 atom stereocenters. The molecule has 0 radical (unpaired) electrons. The van der Waals surface area contributed by atoms with Crippen LogP contribution in [0.3, 0.4) is 0 Å². The van der Waals surface area contributed by atoms with Crippen molar-refractivity contribution in [2.75, 3.05) is 14.2 Å². The molecule has 0 aromatic heterocycles. The van der Waals surface area contributed by atoms with Crippen molar-refractivity contribution in [2.24, 2.45) is 0 Å². The molecule has 1 aliphatic heterocycles. The number of halogens is 4. The zero-order chi connectivity index (χ0) is 22.1. The van der Waals surface area contributed by atoms with Crippen LogP contribution in [0.1, 0.15) is 22.0 Å². The Morgan fingerprint density at radius 3 is 2.23 bits per heavy atom. The van der Waals surface area contributed by atoms with Gasteiger partial charge in [-0.05, 0) is 42.0 Å². The summed E-state index contributed by atoms with van der Waals surface area (Å²) in [5.74, 6) is -0.281. The maximum atomic E-state index is 13.8. The second kappa shape index (κ2) is 8.39. The standard InChI is InChI=1S/C20H16BrF3N2O4/c1-29-13-8-5-11(9-14(13)30-2)16-15(17(27)10-3-6-12(21)7-4-10)18(20(22,23)24)26-19(28)25-16/h3-9,16H,1-2H3,(H2,25,26,28). The Morgan fingerprint density at radius 2 is 1.67 bits per heavy atom. The number of nitrogens with one attached hydrogen (secondary N) is 2. The van der Waals surface area contributed by atoms with Gasteiger partial charge in [0.05, 0.1) is 25.8 Å². The van der Waals surface area contributed by atoms with Gasteiger partial charge in [0.2, 0.25) is 0 Å². The first-order chi connectivity index (χ1) is 14.2. The van der Waals surface area contributed by atoms with Crippen LogP contribution in [0.2, 0.25) is 0 Å². The van der Waals surface area contributed by atoms with E-state index < -0.39 is 35.3 Å². The van der Waals surface area contributed by atoms with Gasteiger partial charge in [-0.25, -0.2) is 4.79 Å². The largest absolute Gasteiger partial charge is 0.493 e. The first kappa shape index (κ1) is 21.7. The van der Waals surface area contributed by atoms with Gasteiger partial charge in [-0.3, -0.25) is 4.79 Å². The number of carbonyl (C=O) groups excluding carboxylic acids is 2. The van der Waals surface area contributed by atoms with Crippen molar-refractivity contribution in [3.63, 3.8) is 0 Å². The minimum absolute atomic E-state index is 0.0402. The molecule has 2 aromatic carbocycles. The highest BCUT2D eigenvalue weighted by Crippen LogP contribution is 2.39. The van der Waals surface area contributed by atoms with E-state index in [4.69, 9.17) is 9.47 Å². The molecular formula is C20H16BrF3N2O4. The molecule has 6 nitrogen and oxygen atoms in total. The number of carbonyl (C=O) groups is 2. The number of amides is 2. The Hall–Kier alpha value is -3.01. The number of ketones is 1. The Labute approximate surface area is 178 Å². The molecule has 1 aliphatic rings. The van der Waals surface area contributed by atoms with E-state index in [2.05, 4.69) is 21.2 Å². The number of ether oxygens (including phenoxy) is 2. The fraction of sp³-hybridized carbons (Fsp3) is 0.200. The zero-order valence-corrected chi connectivity index (χ0v) is 17.3. The van der Waals surface area contributed by atoms with Crippen LogP contribution in [0, 0.1) is 0 Å². The molecule has 1 heterocycles. The molecule has 0 spiro atoms. The van der Waals surface area contributed by atoms with Crippen molar-refractivity contribution in [3.8, 4) is 11.5 Å². The minimum atomic E-state index is -4.95. The van der Waals surface area contributed by atoms with Crippen LogP contribution in [0.4, 0.5) is 18.0 Å². The number of urea groups is 1. The van der Waals surface area contributed by atoms with Crippen LogP contribution in [0.25, 0.3) is 0 Å². The molecule has 10 heteroatoms. The average molecular weight is 485 g/mol. The molecule has 0 saturated heterocycles. The SMILES string of the molecule is COc1ccc(C2NC(=O)NC(C(F)(F)F)=C2C(=O)c2ccc(Br)cc2)cc1OC. The highest BCUT2D eigenvalue weighted by atomic mass is 79.9. The zero-order valence-electron chi connectivity index (χ0n) is 15.8. The summed E-state index contributed by atoms with van der Waals surface area (Å²) in [6.45, 7) is 0. The van der Waals surface area contributed by atoms with Gasteiger partial charge in [-0.2, -0.15) is 13.2 Å². The first-order valence-electron chi connectivity index (χ1n) is 8.56. The van der Waals surface area contributed by atoms with E-state index in [0.29, 0.717) is 10.2 Å². The van der Waals surface area contributed by atoms with Crippen molar-refractivity contribution in [2.45, 2.75) is 12.2 Å². The third-order valence-corrected chi connectivity index (χ3v) is 4.98. The highest BCUT2D eigenvalue weighted by molar-refractivity contribution is 9.10. The minimum Gasteiger partial charge on any atom is -0.493 e. The van der Waals surface area contributed by atoms with Crippen LogP contribution < -0.4 is 20.1 Å². The summed E-state index contributed by atoms with van der Waals surface area (Å²) in [6, 6.07) is 7.81. The fourth-order valence-electron chi connectivity index (χ4n) is 3.07. The van der Waals surface area contributed by atoms with E-state index in [1.807, 2.05) is 0 Å². The first-order valence-corrected chi connectivity index (χ1v) is 9.36. The lowest BCUT2D eigenvalue weighted by Crippen LogP contribution is -2.49. The van der Waals surface area contributed by atoms with Gasteiger partial charge in [0.15, 0.2) is 17.3 Å². The van der Waals surface area contributed by atoms with Gasteiger partial charge in [-0.15, -0.1) is 0 Å². The van der Waals surface area contributed by atoms with E-state index >= 15 is 0 Å². The molecule has 30 heavy (non-hydrogen) atoms. The Bertz CT molecular complexity index is 1020. The molecule has 3 rings (SSSR count). The molecule has 0 saturated carbocycles. The molecule has 1 unspecified atom stereocenters. The molecule has 2 N–H and O–H groups in total. The van der Waals surface area contributed by atoms with E-state index in [0.717, 1.165) is 0 Å². The number of alkyl halides is 3. The van der Waals surface area contributed by atoms with Crippen LogP contribution >= 0.6 is 15.9 Å². The lowest BCUT2D eigenvalue weighted by atomic mass is 9.89. The van der Waals surface area contributed by atoms with Crippen molar-refractivity contribution < 1.29 is 32.2 Å². The smallest absolute Gasteiger partial charge is 0.431 e. The van der Waals surface area contributed by atoms with Gasteiger partial charge < -0.3 is 20.1 Å². The predicted molar refractivity (Wildman–Crippen MR) is 106 cm³/mol. The third kappa shape index (κ3) is 4.28. The summed E-state index contributed by atoms with van der Waals surface area (Å²) in [5.41, 5.74) is -1.77. The Kier molecular flexibility index (Phi) is 6.06. The van der Waals surface area contributed by atoms with E-state index in [1.165, 1.54) is 44.6 Å². The predicted octanol–water partition coefficient (Wildman–Crippen LogP) is 4.52. The summed E-state index contributed by atoms with van der Waals surface area (Å²) in [5, 5.41) is 4.14. The Balaban J connectivity index is 2.20. The molecule has 158 valence electrons. The maximum Gasteiger partial charge on any atom is 0.431 e. The number of hydrogen-bond donors (Lipinski definition) is 2. The second-order valence-electron chi connectivity index (χ2n) is 6.27. The van der Waals surface area contributed by atoms with Crippen LogP contribution in [0.5, 0.6) is 11.5 Å². The lowest BCUT2D eigenvalue weighted by Gasteiger charge is -2.31. The van der Waals surface area contributed by atoms with Crippen molar-refractivity contribution in [1.29, 1.82) is 0 Å². The number of hydrogen-bond acceptors (Lipinski definition) is 4. The average Bonchev–Trinajstić information content (AvgIpc) is 2.72. The van der Waals surface area contributed by atoms with Crippen LogP contribution in [-0.2, 0) is 0 Å². The molecule has 0 fully saturated rings. The van der Waals surface area contributed by atoms with Gasteiger partial charge >= 0.3 is 12.2 Å². The highest BCUT2D eigenvalue weighted by Gasteiger charge is 2.45. The third-order valence-electron chi connectivity index (χ3n) is 4.45. The van der Waals surface area contributed by atoms with Crippen LogP contribution in [-0.4, -0.2) is 32.2 Å². The summed E-state index contributed by atoms with van der Waals surface area (Å²) >= 11 is 3.22. The molecule has 2 aromatic rings. The monoisotopic (exact) mass is 484 g/mol. The van der Waals surface area contributed by atoms with Crippen LogP contribution in [0.15, 0.2) is 58.2 Å². The fourth-order valence-corrected chi connectivity index (χ4v) is 3.34. The maximum absolute atomic E-state index is 13.8. The number of rotatable bonds is 5. The molecule has 0 aliphatic carbocycles. The van der Waals surface area contributed by atoms with E-state index in [1.54, 1.807) is 17.4 Å². The number of allylic oxidation sites excluding steroid dienone is 1. The van der Waals surface area contributed by atoms with Crippen molar-refractivity contribution in [1.82, 2.24) is 10.6 Å². The van der Waals surface area contributed by atoms with Gasteiger partial charge in [-0.1, -0.05) is 22.0 Å². The van der Waals surface area contributed by atoms with Crippen molar-refractivity contribution in [3.05, 3.63) is 69.3 Å². The summed E-state index contributed by atoms with van der Waals surface area (Å²) in [7, 11) is 2.78.